The average Bonchev–Trinajstić information content (AvgIpc) is 2.99. The van der Waals surface area contributed by atoms with Crippen LogP contribution in [0.4, 0.5) is 4.39 Å². The van der Waals surface area contributed by atoms with E-state index in [9.17, 15) is 4.39 Å². The summed E-state index contributed by atoms with van der Waals surface area (Å²) in [6, 6.07) is 32.7. The highest BCUT2D eigenvalue weighted by Gasteiger charge is 2.46. The first-order valence-electron chi connectivity index (χ1n) is 9.24. The maximum Gasteiger partial charge on any atom is 0.123 e. The fraction of sp³-hybridized carbons (Fsp3) is 0.0769. The molecule has 1 heteroatoms. The second-order valence-corrected chi connectivity index (χ2v) is 7.22. The van der Waals surface area contributed by atoms with E-state index in [0.717, 1.165) is 22.3 Å². The summed E-state index contributed by atoms with van der Waals surface area (Å²) < 4.78 is 14.4. The largest absolute Gasteiger partial charge is 0.207 e. The molecule has 1 aliphatic carbocycles. The van der Waals surface area contributed by atoms with E-state index in [2.05, 4.69) is 73.7 Å². The number of halogens is 1. The van der Waals surface area contributed by atoms with E-state index < -0.39 is 5.41 Å². The molecular weight excluding hydrogens is 331 g/mol. The van der Waals surface area contributed by atoms with Crippen molar-refractivity contribution in [2.75, 3.05) is 0 Å². The smallest absolute Gasteiger partial charge is 0.123 e. The molecule has 27 heavy (non-hydrogen) atoms. The van der Waals surface area contributed by atoms with E-state index in [4.69, 9.17) is 0 Å². The van der Waals surface area contributed by atoms with Crippen molar-refractivity contribution in [2.45, 2.75) is 12.3 Å². The molecule has 0 spiro atoms. The molecule has 5 rings (SSSR count). The quantitative estimate of drug-likeness (QED) is 0.341. The van der Waals surface area contributed by atoms with Gasteiger partial charge in [0, 0.05) is 0 Å². The number of rotatable bonds is 2. The summed E-state index contributed by atoms with van der Waals surface area (Å²) in [4.78, 5) is 0. The summed E-state index contributed by atoms with van der Waals surface area (Å²) in [6.07, 6.45) is 0. The lowest BCUT2D eigenvalue weighted by Gasteiger charge is -2.34. The third-order valence-electron chi connectivity index (χ3n) is 5.67. The Labute approximate surface area is 158 Å². The van der Waals surface area contributed by atoms with Gasteiger partial charge in [0.15, 0.2) is 0 Å². The fourth-order valence-electron chi connectivity index (χ4n) is 4.57. The molecule has 0 nitrogen and oxygen atoms in total. The van der Waals surface area contributed by atoms with Gasteiger partial charge < -0.3 is 0 Å². The van der Waals surface area contributed by atoms with Crippen LogP contribution in [-0.4, -0.2) is 0 Å². The Morgan fingerprint density at radius 3 is 1.70 bits per heavy atom. The van der Waals surface area contributed by atoms with Crippen LogP contribution < -0.4 is 0 Å². The lowest BCUT2D eigenvalue weighted by molar-refractivity contribution is 0.621. The lowest BCUT2D eigenvalue weighted by atomic mass is 9.67. The predicted molar refractivity (Wildman–Crippen MR) is 108 cm³/mol. The van der Waals surface area contributed by atoms with E-state index in [1.165, 1.54) is 16.7 Å². The molecule has 1 aliphatic rings. The van der Waals surface area contributed by atoms with Gasteiger partial charge in [0.1, 0.15) is 5.82 Å². The Morgan fingerprint density at radius 1 is 0.593 bits per heavy atom. The van der Waals surface area contributed by atoms with Crippen LogP contribution in [0.1, 0.15) is 27.8 Å². The first-order valence-corrected chi connectivity index (χ1v) is 9.24. The Morgan fingerprint density at radius 2 is 1.11 bits per heavy atom. The number of hydrogen-bond donors (Lipinski definition) is 0. The standard InChI is InChI=1S/C26H19F/c1-18-12-14-22-23-15-13-21(27)17-25(23)26(24(22)16-18,19-8-4-2-5-9-19)20-10-6-3-7-11-20/h2-17H,1H3. The molecule has 0 bridgehead atoms. The summed E-state index contributed by atoms with van der Waals surface area (Å²) in [6.45, 7) is 2.12. The molecule has 0 amide bonds. The topological polar surface area (TPSA) is 0 Å². The minimum atomic E-state index is -0.513. The first-order chi connectivity index (χ1) is 13.2. The average molecular weight is 350 g/mol. The molecule has 0 aliphatic heterocycles. The number of hydrogen-bond acceptors (Lipinski definition) is 0. The van der Waals surface area contributed by atoms with Crippen LogP contribution in [0.5, 0.6) is 0 Å². The van der Waals surface area contributed by atoms with Crippen molar-refractivity contribution in [1.29, 1.82) is 0 Å². The highest BCUT2D eigenvalue weighted by Crippen LogP contribution is 2.56. The van der Waals surface area contributed by atoms with Crippen molar-refractivity contribution >= 4 is 0 Å². The summed E-state index contributed by atoms with van der Waals surface area (Å²) in [5, 5.41) is 0. The molecule has 0 saturated heterocycles. The van der Waals surface area contributed by atoms with Crippen molar-refractivity contribution < 1.29 is 4.39 Å². The molecule has 0 fully saturated rings. The molecule has 0 atom stereocenters. The number of fused-ring (bicyclic) bond motifs is 3. The Balaban J connectivity index is 2.00. The van der Waals surface area contributed by atoms with Gasteiger partial charge in [-0.05, 0) is 52.4 Å². The zero-order chi connectivity index (χ0) is 18.4. The minimum absolute atomic E-state index is 0.200. The van der Waals surface area contributed by atoms with Gasteiger partial charge in [-0.3, -0.25) is 0 Å². The summed E-state index contributed by atoms with van der Waals surface area (Å²) in [5.74, 6) is -0.200. The number of benzene rings is 4. The van der Waals surface area contributed by atoms with E-state index in [0.29, 0.717) is 0 Å². The number of aryl methyl sites for hydroxylation is 1. The molecule has 4 aromatic rings. The fourth-order valence-corrected chi connectivity index (χ4v) is 4.57. The van der Waals surface area contributed by atoms with Gasteiger partial charge in [-0.2, -0.15) is 0 Å². The van der Waals surface area contributed by atoms with Gasteiger partial charge in [0.25, 0.3) is 0 Å². The SMILES string of the molecule is Cc1ccc2c(c1)C(c1ccccc1)(c1ccccc1)c1cc(F)ccc1-2. The molecule has 130 valence electrons. The maximum absolute atomic E-state index is 14.4. The zero-order valence-corrected chi connectivity index (χ0v) is 15.1. The molecule has 0 N–H and O–H groups in total. The molecule has 0 radical (unpaired) electrons. The molecule has 0 aromatic heterocycles. The van der Waals surface area contributed by atoms with Crippen LogP contribution in [0.3, 0.4) is 0 Å². The van der Waals surface area contributed by atoms with E-state index in [-0.39, 0.29) is 5.82 Å². The van der Waals surface area contributed by atoms with Crippen molar-refractivity contribution in [3.05, 3.63) is 131 Å². The van der Waals surface area contributed by atoms with Crippen LogP contribution >= 0.6 is 0 Å². The maximum atomic E-state index is 14.4. The van der Waals surface area contributed by atoms with Crippen molar-refractivity contribution in [3.8, 4) is 11.1 Å². The third-order valence-corrected chi connectivity index (χ3v) is 5.67. The third kappa shape index (κ3) is 2.21. The van der Waals surface area contributed by atoms with Gasteiger partial charge >= 0.3 is 0 Å². The second-order valence-electron chi connectivity index (χ2n) is 7.22. The molecule has 0 heterocycles. The monoisotopic (exact) mass is 350 g/mol. The predicted octanol–water partition coefficient (Wildman–Crippen LogP) is 6.50. The van der Waals surface area contributed by atoms with Gasteiger partial charge in [-0.1, -0.05) is 90.5 Å². The van der Waals surface area contributed by atoms with E-state index in [1.807, 2.05) is 18.2 Å². The van der Waals surface area contributed by atoms with Gasteiger partial charge in [0.2, 0.25) is 0 Å². The normalized spacial score (nSPS) is 13.9. The summed E-state index contributed by atoms with van der Waals surface area (Å²) in [7, 11) is 0. The van der Waals surface area contributed by atoms with Gasteiger partial charge in [-0.25, -0.2) is 4.39 Å². The molecule has 0 unspecified atom stereocenters. The summed E-state index contributed by atoms with van der Waals surface area (Å²) >= 11 is 0. The van der Waals surface area contributed by atoms with Crippen LogP contribution in [0, 0.1) is 12.7 Å². The Hall–Kier alpha value is -3.19. The Kier molecular flexibility index (Phi) is 3.51. The second kappa shape index (κ2) is 5.92. The van der Waals surface area contributed by atoms with Crippen LogP contribution in [0.25, 0.3) is 11.1 Å². The van der Waals surface area contributed by atoms with Crippen LogP contribution in [-0.2, 0) is 5.41 Å². The van der Waals surface area contributed by atoms with E-state index >= 15 is 0 Å². The van der Waals surface area contributed by atoms with Crippen molar-refractivity contribution in [3.63, 3.8) is 0 Å². The van der Waals surface area contributed by atoms with Crippen molar-refractivity contribution in [1.82, 2.24) is 0 Å². The zero-order valence-electron chi connectivity index (χ0n) is 15.1. The van der Waals surface area contributed by atoms with Crippen molar-refractivity contribution in [2.24, 2.45) is 0 Å². The molecule has 0 saturated carbocycles. The van der Waals surface area contributed by atoms with E-state index in [1.54, 1.807) is 12.1 Å². The highest BCUT2D eigenvalue weighted by atomic mass is 19.1. The van der Waals surface area contributed by atoms with Gasteiger partial charge in [-0.15, -0.1) is 0 Å². The summed E-state index contributed by atoms with van der Waals surface area (Å²) in [5.41, 5.74) is 7.54. The van der Waals surface area contributed by atoms with Crippen LogP contribution in [0.2, 0.25) is 0 Å². The Bertz CT molecular complexity index is 1030. The molecular formula is C26H19F. The minimum Gasteiger partial charge on any atom is -0.207 e. The van der Waals surface area contributed by atoms with Crippen LogP contribution in [0.15, 0.2) is 97.1 Å². The molecule has 4 aromatic carbocycles. The van der Waals surface area contributed by atoms with Gasteiger partial charge in [0.05, 0.1) is 5.41 Å². The lowest BCUT2D eigenvalue weighted by Crippen LogP contribution is -2.28. The highest BCUT2D eigenvalue weighted by molar-refractivity contribution is 5.86. The first kappa shape index (κ1) is 16.0.